The molecule has 37 heavy (non-hydrogen) atoms. The Morgan fingerprint density at radius 1 is 0.973 bits per heavy atom. The molecule has 11 heteroatoms. The Morgan fingerprint density at radius 2 is 1.57 bits per heavy atom. The van der Waals surface area contributed by atoms with E-state index in [1.807, 2.05) is 6.07 Å². The molecule has 0 aromatic heterocycles. The number of aliphatic hydroxyl groups is 1. The number of ether oxygens (including phenoxy) is 2. The van der Waals surface area contributed by atoms with Gasteiger partial charge in [0.15, 0.2) is 6.10 Å². The van der Waals surface area contributed by atoms with Crippen molar-refractivity contribution in [3.05, 3.63) is 71.8 Å². The van der Waals surface area contributed by atoms with Crippen LogP contribution in [0.4, 0.5) is 0 Å². The largest absolute Gasteiger partial charge is 0.420 e. The first-order valence-electron chi connectivity index (χ1n) is 11.7. The van der Waals surface area contributed by atoms with E-state index in [4.69, 9.17) is 13.7 Å². The number of aliphatic hydroxyl groups excluding tert-OH is 1. The van der Waals surface area contributed by atoms with Crippen molar-refractivity contribution < 1.29 is 41.6 Å². The molecule has 0 saturated carbocycles. The van der Waals surface area contributed by atoms with E-state index in [0.29, 0.717) is 11.1 Å². The summed E-state index contributed by atoms with van der Waals surface area (Å²) in [7, 11) is -3.97. The molecule has 0 aliphatic heterocycles. The molecule has 2 rings (SSSR count). The van der Waals surface area contributed by atoms with Gasteiger partial charge in [0.05, 0.1) is 18.8 Å². The average molecular weight is 536 g/mol. The van der Waals surface area contributed by atoms with Crippen LogP contribution in [0.3, 0.4) is 0 Å². The molecule has 2 N–H and O–H groups in total. The highest BCUT2D eigenvalue weighted by Crippen LogP contribution is 2.27. The summed E-state index contributed by atoms with van der Waals surface area (Å²) in [6.45, 7) is 3.85. The Bertz CT molecular complexity index is 1140. The Labute approximate surface area is 217 Å². The monoisotopic (exact) mass is 535 g/mol. The molecule has 2 aromatic rings. The topological polar surface area (TPSA) is 145 Å². The van der Waals surface area contributed by atoms with Gasteiger partial charge in [-0.25, -0.2) is 4.79 Å². The lowest BCUT2D eigenvalue weighted by molar-refractivity contribution is -0.199. The van der Waals surface area contributed by atoms with Gasteiger partial charge < -0.3 is 19.9 Å². The molecule has 2 aromatic carbocycles. The molecule has 1 amide bonds. The molecular formula is C26H33NO9S. The summed E-state index contributed by atoms with van der Waals surface area (Å²) >= 11 is 0. The summed E-state index contributed by atoms with van der Waals surface area (Å²) in [5.41, 5.74) is -0.278. The lowest BCUT2D eigenvalue weighted by atomic mass is 9.87. The molecule has 202 valence electrons. The van der Waals surface area contributed by atoms with Crippen molar-refractivity contribution in [3.8, 4) is 0 Å². The van der Waals surface area contributed by atoms with E-state index in [-0.39, 0.29) is 31.0 Å². The summed E-state index contributed by atoms with van der Waals surface area (Å²) in [6.07, 6.45) is -3.13. The SMILES string of the molecule is CC(=O)NCCCS(=O)(=O)OCC(C)(C)[C@@H](O)C(=O)OC(OC(=O)Cc1ccccc1)c1ccccc1. The predicted molar refractivity (Wildman–Crippen MR) is 134 cm³/mol. The number of rotatable bonds is 14. The van der Waals surface area contributed by atoms with E-state index in [0.717, 1.165) is 0 Å². The van der Waals surface area contributed by atoms with Crippen LogP contribution in [0.15, 0.2) is 60.7 Å². The second kappa shape index (κ2) is 13.9. The summed E-state index contributed by atoms with van der Waals surface area (Å²) < 4.78 is 40.1. The Morgan fingerprint density at radius 3 is 2.16 bits per heavy atom. The summed E-state index contributed by atoms with van der Waals surface area (Å²) in [4.78, 5) is 36.2. The van der Waals surface area contributed by atoms with Crippen molar-refractivity contribution in [1.82, 2.24) is 5.32 Å². The molecule has 0 bridgehead atoms. The number of hydrogen-bond donors (Lipinski definition) is 2. The number of nitrogens with one attached hydrogen (secondary N) is 1. The molecule has 0 fully saturated rings. The second-order valence-electron chi connectivity index (χ2n) is 9.08. The third kappa shape index (κ3) is 10.7. The zero-order valence-electron chi connectivity index (χ0n) is 21.1. The fourth-order valence-corrected chi connectivity index (χ4v) is 4.17. The van der Waals surface area contributed by atoms with Crippen LogP contribution in [0.25, 0.3) is 0 Å². The average Bonchev–Trinajstić information content (AvgIpc) is 2.85. The maximum Gasteiger partial charge on any atom is 0.338 e. The predicted octanol–water partition coefficient (Wildman–Crippen LogP) is 2.27. The van der Waals surface area contributed by atoms with Gasteiger partial charge in [0, 0.05) is 24.4 Å². The zero-order chi connectivity index (χ0) is 27.5. The highest BCUT2D eigenvalue weighted by molar-refractivity contribution is 7.86. The number of hydrogen-bond acceptors (Lipinski definition) is 9. The van der Waals surface area contributed by atoms with Crippen molar-refractivity contribution in [2.75, 3.05) is 18.9 Å². The van der Waals surface area contributed by atoms with E-state index < -0.39 is 46.5 Å². The fraction of sp³-hybridized carbons (Fsp3) is 0.423. The number of benzene rings is 2. The zero-order valence-corrected chi connectivity index (χ0v) is 21.9. The van der Waals surface area contributed by atoms with Crippen LogP contribution in [0.5, 0.6) is 0 Å². The van der Waals surface area contributed by atoms with Crippen LogP contribution in [-0.2, 0) is 44.6 Å². The first-order chi connectivity index (χ1) is 17.4. The van der Waals surface area contributed by atoms with Crippen LogP contribution in [0.2, 0.25) is 0 Å². The third-order valence-electron chi connectivity index (χ3n) is 5.24. The first kappa shape index (κ1) is 29.9. The molecule has 2 atom stereocenters. The maximum absolute atomic E-state index is 12.8. The van der Waals surface area contributed by atoms with Gasteiger partial charge in [0.1, 0.15) is 0 Å². The van der Waals surface area contributed by atoms with Gasteiger partial charge >= 0.3 is 11.9 Å². The molecule has 0 aliphatic carbocycles. The van der Waals surface area contributed by atoms with Gasteiger partial charge in [-0.15, -0.1) is 0 Å². The minimum atomic E-state index is -3.97. The van der Waals surface area contributed by atoms with Gasteiger partial charge in [-0.2, -0.15) is 8.42 Å². The second-order valence-corrected chi connectivity index (χ2v) is 10.8. The standard InChI is InChI=1S/C26H33NO9S/c1-19(28)27-15-10-16-37(32,33)34-18-26(2,3)23(30)24(31)36-25(21-13-8-5-9-14-21)35-22(29)17-20-11-6-4-7-12-20/h4-9,11-14,23,25,30H,10,15-18H2,1-3H3,(H,27,28)/t23-,25?/m0/s1. The summed E-state index contributed by atoms with van der Waals surface area (Å²) in [6, 6.07) is 17.2. The molecule has 1 unspecified atom stereocenters. The summed E-state index contributed by atoms with van der Waals surface area (Å²) in [5, 5.41) is 13.1. The van der Waals surface area contributed by atoms with Crippen LogP contribution in [0, 0.1) is 5.41 Å². The Balaban J connectivity index is 2.01. The van der Waals surface area contributed by atoms with Gasteiger partial charge in [0.2, 0.25) is 5.91 Å². The van der Waals surface area contributed by atoms with E-state index >= 15 is 0 Å². The van der Waals surface area contributed by atoms with Crippen molar-refractivity contribution in [3.63, 3.8) is 0 Å². The number of carbonyl (C=O) groups excluding carboxylic acids is 3. The van der Waals surface area contributed by atoms with Crippen molar-refractivity contribution in [1.29, 1.82) is 0 Å². The molecule has 0 spiro atoms. The quantitative estimate of drug-likeness (QED) is 0.161. The van der Waals surface area contributed by atoms with E-state index in [9.17, 15) is 27.9 Å². The molecule has 10 nitrogen and oxygen atoms in total. The number of esters is 2. The maximum atomic E-state index is 12.8. The van der Waals surface area contributed by atoms with E-state index in [2.05, 4.69) is 5.32 Å². The molecule has 0 aliphatic rings. The van der Waals surface area contributed by atoms with Crippen LogP contribution in [0.1, 0.15) is 44.6 Å². The highest BCUT2D eigenvalue weighted by Gasteiger charge is 2.38. The summed E-state index contributed by atoms with van der Waals surface area (Å²) in [5.74, 6) is -2.38. The normalized spacial score (nSPS) is 13.3. The third-order valence-corrected chi connectivity index (χ3v) is 6.51. The Hall–Kier alpha value is -3.28. The van der Waals surface area contributed by atoms with Crippen LogP contribution in [-0.4, -0.2) is 56.4 Å². The van der Waals surface area contributed by atoms with E-state index in [1.165, 1.54) is 20.8 Å². The van der Waals surface area contributed by atoms with Gasteiger partial charge in [0.25, 0.3) is 16.4 Å². The molecule has 0 saturated heterocycles. The van der Waals surface area contributed by atoms with Gasteiger partial charge in [-0.05, 0) is 12.0 Å². The van der Waals surface area contributed by atoms with Gasteiger partial charge in [-0.1, -0.05) is 74.5 Å². The van der Waals surface area contributed by atoms with E-state index in [1.54, 1.807) is 54.6 Å². The fourth-order valence-electron chi connectivity index (χ4n) is 3.08. The minimum Gasteiger partial charge on any atom is -0.420 e. The molecule has 0 radical (unpaired) electrons. The number of carbonyl (C=O) groups is 3. The smallest absolute Gasteiger partial charge is 0.338 e. The van der Waals surface area contributed by atoms with Crippen molar-refractivity contribution in [2.45, 2.75) is 46.0 Å². The molecule has 0 heterocycles. The van der Waals surface area contributed by atoms with Crippen LogP contribution < -0.4 is 5.32 Å². The first-order valence-corrected chi connectivity index (χ1v) is 13.3. The lowest BCUT2D eigenvalue weighted by Crippen LogP contribution is -2.42. The lowest BCUT2D eigenvalue weighted by Gasteiger charge is -2.29. The van der Waals surface area contributed by atoms with Crippen molar-refractivity contribution in [2.24, 2.45) is 5.41 Å². The van der Waals surface area contributed by atoms with Crippen LogP contribution >= 0.6 is 0 Å². The Kier molecular flexibility index (Phi) is 11.2. The highest BCUT2D eigenvalue weighted by atomic mass is 32.2. The number of amides is 1. The van der Waals surface area contributed by atoms with Crippen molar-refractivity contribution >= 4 is 28.0 Å². The van der Waals surface area contributed by atoms with Gasteiger partial charge in [-0.3, -0.25) is 13.8 Å². The minimum absolute atomic E-state index is 0.0522. The molecular weight excluding hydrogens is 502 g/mol.